The first-order valence-electron chi connectivity index (χ1n) is 10.1. The SMILES string of the molecule is CCOc1ccc(-n2c(SC(C)C(=O)Nc3cc(C)on3)nc3ccccc3c2=O)cc1. The van der Waals surface area contributed by atoms with Crippen LogP contribution in [0.2, 0.25) is 0 Å². The fraction of sp³-hybridized carbons (Fsp3) is 0.217. The molecule has 0 saturated heterocycles. The molecule has 9 heteroatoms. The number of carbonyl (C=O) groups excluding carboxylic acids is 1. The molecule has 0 aliphatic carbocycles. The molecule has 0 radical (unpaired) electrons. The Labute approximate surface area is 188 Å². The molecule has 1 N–H and O–H groups in total. The summed E-state index contributed by atoms with van der Waals surface area (Å²) < 4.78 is 12.0. The van der Waals surface area contributed by atoms with Crippen LogP contribution >= 0.6 is 11.8 Å². The highest BCUT2D eigenvalue weighted by Gasteiger charge is 2.21. The molecular formula is C23H22N4O4S. The van der Waals surface area contributed by atoms with Gasteiger partial charge in [0.15, 0.2) is 11.0 Å². The van der Waals surface area contributed by atoms with Gasteiger partial charge in [-0.3, -0.25) is 14.2 Å². The highest BCUT2D eigenvalue weighted by molar-refractivity contribution is 8.00. The molecule has 4 rings (SSSR count). The van der Waals surface area contributed by atoms with Crippen LogP contribution in [0.15, 0.2) is 69.1 Å². The molecule has 0 aliphatic heterocycles. The van der Waals surface area contributed by atoms with Gasteiger partial charge in [0.05, 0.1) is 28.4 Å². The van der Waals surface area contributed by atoms with Crippen molar-refractivity contribution < 1.29 is 14.1 Å². The number of thioether (sulfide) groups is 1. The molecule has 32 heavy (non-hydrogen) atoms. The summed E-state index contributed by atoms with van der Waals surface area (Å²) in [6.45, 7) is 5.95. The molecule has 1 atom stereocenters. The Hall–Kier alpha value is -3.59. The largest absolute Gasteiger partial charge is 0.494 e. The molecule has 164 valence electrons. The molecule has 0 saturated carbocycles. The van der Waals surface area contributed by atoms with Crippen molar-refractivity contribution in [1.29, 1.82) is 0 Å². The van der Waals surface area contributed by atoms with Gasteiger partial charge in [-0.25, -0.2) is 4.98 Å². The van der Waals surface area contributed by atoms with Crippen molar-refractivity contribution in [2.45, 2.75) is 31.2 Å². The minimum atomic E-state index is -0.547. The summed E-state index contributed by atoms with van der Waals surface area (Å²) in [6, 6.07) is 16.0. The zero-order chi connectivity index (χ0) is 22.7. The van der Waals surface area contributed by atoms with Gasteiger partial charge in [-0.05, 0) is 57.2 Å². The molecule has 2 heterocycles. The summed E-state index contributed by atoms with van der Waals surface area (Å²) in [5, 5.41) is 6.88. The third-order valence-electron chi connectivity index (χ3n) is 4.68. The first-order valence-corrected chi connectivity index (χ1v) is 11.0. The first kappa shape index (κ1) is 21.6. The fourth-order valence-electron chi connectivity index (χ4n) is 3.14. The Bertz CT molecular complexity index is 1310. The van der Waals surface area contributed by atoms with Crippen LogP contribution in [0.25, 0.3) is 16.6 Å². The quantitative estimate of drug-likeness (QED) is 0.333. The summed E-state index contributed by atoms with van der Waals surface area (Å²) in [7, 11) is 0. The predicted octanol–water partition coefficient (Wildman–Crippen LogP) is 4.20. The molecular weight excluding hydrogens is 428 g/mol. The van der Waals surface area contributed by atoms with Crippen molar-refractivity contribution >= 4 is 34.4 Å². The number of ether oxygens (including phenoxy) is 1. The van der Waals surface area contributed by atoms with Gasteiger partial charge in [0.1, 0.15) is 11.5 Å². The van der Waals surface area contributed by atoms with Crippen molar-refractivity contribution in [2.75, 3.05) is 11.9 Å². The molecule has 1 unspecified atom stereocenters. The van der Waals surface area contributed by atoms with Crippen LogP contribution in [0.3, 0.4) is 0 Å². The van der Waals surface area contributed by atoms with E-state index in [2.05, 4.69) is 15.5 Å². The van der Waals surface area contributed by atoms with Gasteiger partial charge in [0.25, 0.3) is 5.56 Å². The molecule has 0 fully saturated rings. The topological polar surface area (TPSA) is 99.2 Å². The fourth-order valence-corrected chi connectivity index (χ4v) is 4.07. The number of para-hydroxylation sites is 1. The van der Waals surface area contributed by atoms with Crippen molar-refractivity contribution in [2.24, 2.45) is 0 Å². The van der Waals surface area contributed by atoms with E-state index in [-0.39, 0.29) is 11.5 Å². The molecule has 0 spiro atoms. The molecule has 4 aromatic rings. The normalized spacial score (nSPS) is 12.0. The van der Waals surface area contributed by atoms with E-state index in [1.54, 1.807) is 62.4 Å². The Balaban J connectivity index is 1.71. The monoisotopic (exact) mass is 450 g/mol. The summed E-state index contributed by atoms with van der Waals surface area (Å²) in [5.41, 5.74) is 1.00. The Morgan fingerprint density at radius 2 is 1.97 bits per heavy atom. The van der Waals surface area contributed by atoms with Crippen LogP contribution in [0.5, 0.6) is 5.75 Å². The van der Waals surface area contributed by atoms with Crippen molar-refractivity contribution in [3.05, 3.63) is 70.7 Å². The number of nitrogens with one attached hydrogen (secondary N) is 1. The van der Waals surface area contributed by atoms with Gasteiger partial charge in [-0.2, -0.15) is 0 Å². The number of amides is 1. The second-order valence-electron chi connectivity index (χ2n) is 7.05. The van der Waals surface area contributed by atoms with E-state index in [0.717, 1.165) is 0 Å². The summed E-state index contributed by atoms with van der Waals surface area (Å²) >= 11 is 1.19. The minimum Gasteiger partial charge on any atom is -0.494 e. The summed E-state index contributed by atoms with van der Waals surface area (Å²) in [6.07, 6.45) is 0. The number of carbonyl (C=O) groups is 1. The highest BCUT2D eigenvalue weighted by Crippen LogP contribution is 2.26. The molecule has 2 aromatic heterocycles. The second kappa shape index (κ2) is 9.27. The number of aryl methyl sites for hydroxylation is 1. The number of aromatic nitrogens is 3. The molecule has 0 aliphatic rings. The maximum atomic E-state index is 13.4. The number of rotatable bonds is 7. The lowest BCUT2D eigenvalue weighted by Gasteiger charge is -2.16. The van der Waals surface area contributed by atoms with Crippen LogP contribution in [0.4, 0.5) is 5.82 Å². The zero-order valence-corrected chi connectivity index (χ0v) is 18.7. The lowest BCUT2D eigenvalue weighted by atomic mass is 10.2. The van der Waals surface area contributed by atoms with Gasteiger partial charge in [-0.15, -0.1) is 0 Å². The average Bonchev–Trinajstić information content (AvgIpc) is 3.19. The highest BCUT2D eigenvalue weighted by atomic mass is 32.2. The Kier molecular flexibility index (Phi) is 6.27. The minimum absolute atomic E-state index is 0.206. The van der Waals surface area contributed by atoms with Crippen LogP contribution in [-0.2, 0) is 4.79 Å². The number of anilines is 1. The maximum absolute atomic E-state index is 13.4. The van der Waals surface area contributed by atoms with Gasteiger partial charge < -0.3 is 14.6 Å². The Morgan fingerprint density at radius 3 is 2.66 bits per heavy atom. The summed E-state index contributed by atoms with van der Waals surface area (Å²) in [4.78, 5) is 30.7. The number of hydrogen-bond acceptors (Lipinski definition) is 7. The van der Waals surface area contributed by atoms with Gasteiger partial charge in [0.2, 0.25) is 5.91 Å². The van der Waals surface area contributed by atoms with Crippen molar-refractivity contribution in [1.82, 2.24) is 14.7 Å². The molecule has 1 amide bonds. The van der Waals surface area contributed by atoms with Crippen LogP contribution in [-0.4, -0.2) is 32.5 Å². The van der Waals surface area contributed by atoms with Crippen LogP contribution in [0, 0.1) is 6.92 Å². The van der Waals surface area contributed by atoms with Crippen LogP contribution in [0.1, 0.15) is 19.6 Å². The predicted molar refractivity (Wildman–Crippen MR) is 124 cm³/mol. The first-order chi connectivity index (χ1) is 15.5. The lowest BCUT2D eigenvalue weighted by molar-refractivity contribution is -0.115. The van der Waals surface area contributed by atoms with Crippen molar-refractivity contribution in [3.8, 4) is 11.4 Å². The number of hydrogen-bond donors (Lipinski definition) is 1. The smallest absolute Gasteiger partial charge is 0.266 e. The standard InChI is InChI=1S/C23H22N4O4S/c1-4-30-17-11-9-16(10-12-17)27-22(29)18-7-5-6-8-19(18)24-23(27)32-15(3)21(28)25-20-13-14(2)31-26-20/h5-13,15H,4H2,1-3H3,(H,25,26,28). The van der Waals surface area contributed by atoms with E-state index in [9.17, 15) is 9.59 Å². The molecule has 8 nitrogen and oxygen atoms in total. The van der Waals surface area contributed by atoms with Gasteiger partial charge >= 0.3 is 0 Å². The lowest BCUT2D eigenvalue weighted by Crippen LogP contribution is -2.26. The second-order valence-corrected chi connectivity index (χ2v) is 8.36. The zero-order valence-electron chi connectivity index (χ0n) is 17.9. The van der Waals surface area contributed by atoms with E-state index in [0.29, 0.717) is 45.7 Å². The van der Waals surface area contributed by atoms with Crippen molar-refractivity contribution in [3.63, 3.8) is 0 Å². The van der Waals surface area contributed by atoms with E-state index in [4.69, 9.17) is 9.26 Å². The van der Waals surface area contributed by atoms with Gasteiger partial charge in [0, 0.05) is 6.07 Å². The van der Waals surface area contributed by atoms with Gasteiger partial charge in [-0.1, -0.05) is 29.1 Å². The average molecular weight is 451 g/mol. The molecule has 2 aromatic carbocycles. The number of benzene rings is 2. The summed E-state index contributed by atoms with van der Waals surface area (Å²) in [5.74, 6) is 1.38. The van der Waals surface area contributed by atoms with E-state index < -0.39 is 5.25 Å². The van der Waals surface area contributed by atoms with Crippen LogP contribution < -0.4 is 15.6 Å². The third-order valence-corrected chi connectivity index (χ3v) is 5.73. The number of fused-ring (bicyclic) bond motifs is 1. The Morgan fingerprint density at radius 1 is 1.22 bits per heavy atom. The van der Waals surface area contributed by atoms with E-state index >= 15 is 0 Å². The molecule has 0 bridgehead atoms. The maximum Gasteiger partial charge on any atom is 0.266 e. The third kappa shape index (κ3) is 4.52. The van der Waals surface area contributed by atoms with E-state index in [1.807, 2.05) is 13.0 Å². The number of nitrogens with zero attached hydrogens (tertiary/aromatic N) is 3. The van der Waals surface area contributed by atoms with E-state index in [1.165, 1.54) is 16.3 Å².